The van der Waals surface area contributed by atoms with Crippen molar-refractivity contribution < 1.29 is 31.2 Å². The molecule has 0 aliphatic carbocycles. The molecule has 0 radical (unpaired) electrons. The summed E-state index contributed by atoms with van der Waals surface area (Å²) in [5, 5.41) is 3.05. The monoisotopic (exact) mass is 534 g/mol. The molecule has 0 aliphatic rings. The van der Waals surface area contributed by atoms with Crippen molar-refractivity contribution in [3.8, 4) is 0 Å². The van der Waals surface area contributed by atoms with Crippen LogP contribution in [0.25, 0.3) is 0 Å². The molecule has 2 aromatic carbocycles. The highest BCUT2D eigenvalue weighted by Crippen LogP contribution is 2.48. The normalized spacial score (nSPS) is 11.9. The van der Waals surface area contributed by atoms with E-state index < -0.39 is 35.1 Å². The number of hydrogen-bond acceptors (Lipinski definition) is 7. The smallest absolute Gasteiger partial charge is 0.330 e. The summed E-state index contributed by atoms with van der Waals surface area (Å²) >= 11 is 6.08. The Morgan fingerprint density at radius 3 is 2.44 bits per heavy atom. The molecule has 1 amide bonds. The van der Waals surface area contributed by atoms with Crippen LogP contribution in [0.3, 0.4) is 0 Å². The van der Waals surface area contributed by atoms with Gasteiger partial charge in [0, 0.05) is 5.69 Å². The fourth-order valence-corrected chi connectivity index (χ4v) is 6.32. The van der Waals surface area contributed by atoms with E-state index in [9.17, 15) is 22.2 Å². The lowest BCUT2D eigenvalue weighted by Gasteiger charge is -2.17. The number of anilines is 2. The first-order valence-electron chi connectivity index (χ1n) is 10.7. The Hall–Kier alpha value is -1.97. The van der Waals surface area contributed by atoms with Crippen LogP contribution >= 0.6 is 19.2 Å². The van der Waals surface area contributed by atoms with Crippen molar-refractivity contribution >= 4 is 46.5 Å². The molecule has 188 valence electrons. The summed E-state index contributed by atoms with van der Waals surface area (Å²) in [5.41, 5.74) is 1.76. The molecule has 0 bridgehead atoms. The molecule has 2 rings (SSSR count). The Labute approximate surface area is 204 Å². The van der Waals surface area contributed by atoms with Crippen LogP contribution in [0.15, 0.2) is 36.4 Å². The Kier molecular flexibility index (Phi) is 10.5. The summed E-state index contributed by atoms with van der Waals surface area (Å²) in [4.78, 5) is 12.5. The molecule has 0 unspecified atom stereocenters. The lowest BCUT2D eigenvalue weighted by Crippen LogP contribution is -2.34. The maximum atomic E-state index is 14.2. The first kappa shape index (κ1) is 28.3. The molecule has 0 heterocycles. The predicted octanol–water partition coefficient (Wildman–Crippen LogP) is 5.18. The minimum absolute atomic E-state index is 0.0110. The highest BCUT2D eigenvalue weighted by atomic mass is 35.5. The molecule has 2 aromatic rings. The Balaban J connectivity index is 2.06. The van der Waals surface area contributed by atoms with Gasteiger partial charge in [0.15, 0.2) is 0 Å². The number of carbonyl (C=O) groups excluding carboxylic acids is 1. The summed E-state index contributed by atoms with van der Waals surface area (Å²) in [6, 6.07) is 9.37. The number of sulfonamides is 1. The van der Waals surface area contributed by atoms with Crippen LogP contribution in [0.1, 0.15) is 31.4 Å². The zero-order valence-corrected chi connectivity index (χ0v) is 21.7. The molecule has 0 spiro atoms. The van der Waals surface area contributed by atoms with E-state index in [2.05, 4.69) is 5.32 Å². The average molecular weight is 535 g/mol. The third-order valence-corrected chi connectivity index (χ3v) is 8.45. The summed E-state index contributed by atoms with van der Waals surface area (Å²) in [7, 11) is -7.36. The summed E-state index contributed by atoms with van der Waals surface area (Å²) in [6.45, 7) is 5.48. The van der Waals surface area contributed by atoms with Gasteiger partial charge in [-0.25, -0.2) is 12.8 Å². The topological polar surface area (TPSA) is 111 Å². The number of aryl methyl sites for hydroxylation is 1. The molecule has 8 nitrogen and oxygen atoms in total. The quantitative estimate of drug-likeness (QED) is 0.341. The van der Waals surface area contributed by atoms with E-state index in [1.165, 1.54) is 18.2 Å². The van der Waals surface area contributed by atoms with E-state index in [0.717, 1.165) is 5.56 Å². The molecular weight excluding hydrogens is 506 g/mol. The van der Waals surface area contributed by atoms with Gasteiger partial charge in [0.1, 0.15) is 5.82 Å². The standard InChI is InChI=1S/C22H29ClFN2O6PS/c1-4-31-33(28,32-5-2)12-7-13-34(29,30)26-21(27)15-17-14-16(3)10-11-20(17)25-22-18(23)8-6-9-19(22)24/h6,8-11,14,25H,4-5,7,12-13,15H2,1-3H3,(H,26,27). The van der Waals surface area contributed by atoms with Gasteiger partial charge in [0.25, 0.3) is 0 Å². The van der Waals surface area contributed by atoms with Crippen molar-refractivity contribution in [2.24, 2.45) is 0 Å². The van der Waals surface area contributed by atoms with Crippen molar-refractivity contribution in [3.63, 3.8) is 0 Å². The van der Waals surface area contributed by atoms with Gasteiger partial charge in [-0.1, -0.05) is 35.4 Å². The van der Waals surface area contributed by atoms with Crippen molar-refractivity contribution in [2.75, 3.05) is 30.4 Å². The molecule has 0 saturated carbocycles. The molecule has 0 aromatic heterocycles. The predicted molar refractivity (Wildman–Crippen MR) is 132 cm³/mol. The van der Waals surface area contributed by atoms with Gasteiger partial charge in [-0.05, 0) is 51.0 Å². The second-order valence-corrected chi connectivity index (χ2v) is 11.9. The molecular formula is C22H29ClFN2O6PS. The van der Waals surface area contributed by atoms with Crippen LogP contribution in [-0.2, 0) is 34.9 Å². The largest absolute Gasteiger partial charge is 0.352 e. The first-order chi connectivity index (χ1) is 16.0. The van der Waals surface area contributed by atoms with Crippen LogP contribution in [0, 0.1) is 12.7 Å². The van der Waals surface area contributed by atoms with E-state index in [1.54, 1.807) is 32.0 Å². The molecule has 12 heteroatoms. The second kappa shape index (κ2) is 12.7. The minimum Gasteiger partial charge on any atom is -0.352 e. The van der Waals surface area contributed by atoms with E-state index >= 15 is 0 Å². The zero-order chi connectivity index (χ0) is 25.4. The number of hydrogen-bond donors (Lipinski definition) is 2. The van der Waals surface area contributed by atoms with Crippen LogP contribution in [0.5, 0.6) is 0 Å². The van der Waals surface area contributed by atoms with Gasteiger partial charge in [0.05, 0.1) is 42.3 Å². The molecule has 0 aliphatic heterocycles. The molecule has 0 atom stereocenters. The van der Waals surface area contributed by atoms with E-state index in [-0.39, 0.29) is 42.9 Å². The number of halogens is 2. The Bertz CT molecular complexity index is 1130. The third-order valence-electron chi connectivity index (χ3n) is 4.60. The maximum absolute atomic E-state index is 14.2. The number of benzene rings is 2. The molecule has 34 heavy (non-hydrogen) atoms. The third kappa shape index (κ3) is 8.67. The number of amides is 1. The second-order valence-electron chi connectivity index (χ2n) is 7.43. The number of carbonyl (C=O) groups is 1. The van der Waals surface area contributed by atoms with Gasteiger partial charge < -0.3 is 14.4 Å². The molecule has 0 saturated heterocycles. The summed E-state index contributed by atoms with van der Waals surface area (Å²) in [5.74, 6) is -1.75. The molecule has 2 N–H and O–H groups in total. The maximum Gasteiger partial charge on any atom is 0.330 e. The van der Waals surface area contributed by atoms with Crippen molar-refractivity contribution in [1.29, 1.82) is 0 Å². The van der Waals surface area contributed by atoms with E-state index in [4.69, 9.17) is 20.6 Å². The number of nitrogens with one attached hydrogen (secondary N) is 2. The van der Waals surface area contributed by atoms with Crippen LogP contribution in [0.4, 0.5) is 15.8 Å². The minimum atomic E-state index is -3.98. The fourth-order valence-electron chi connectivity index (χ4n) is 3.18. The van der Waals surface area contributed by atoms with Crippen molar-refractivity contribution in [2.45, 2.75) is 33.6 Å². The lowest BCUT2D eigenvalue weighted by molar-refractivity contribution is -0.118. The SMILES string of the molecule is CCOP(=O)(CCCS(=O)(=O)NC(=O)Cc1cc(C)ccc1Nc1c(F)cccc1Cl)OCC. The lowest BCUT2D eigenvalue weighted by atomic mass is 10.1. The van der Waals surface area contributed by atoms with E-state index in [0.29, 0.717) is 11.3 Å². The van der Waals surface area contributed by atoms with Gasteiger partial charge in [0.2, 0.25) is 15.9 Å². The highest BCUT2D eigenvalue weighted by molar-refractivity contribution is 7.90. The fraction of sp³-hybridized carbons (Fsp3) is 0.409. The van der Waals surface area contributed by atoms with Crippen LogP contribution < -0.4 is 10.0 Å². The van der Waals surface area contributed by atoms with Crippen molar-refractivity contribution in [3.05, 3.63) is 58.4 Å². The van der Waals surface area contributed by atoms with Gasteiger partial charge in [-0.2, -0.15) is 0 Å². The van der Waals surface area contributed by atoms with Crippen LogP contribution in [0.2, 0.25) is 5.02 Å². The Morgan fingerprint density at radius 1 is 1.15 bits per heavy atom. The first-order valence-corrected chi connectivity index (χ1v) is 14.5. The number of rotatable bonds is 13. The summed E-state index contributed by atoms with van der Waals surface area (Å²) in [6.07, 6.45) is -0.367. The van der Waals surface area contributed by atoms with E-state index in [1.807, 2.05) is 11.6 Å². The average Bonchev–Trinajstić information content (AvgIpc) is 2.72. The zero-order valence-electron chi connectivity index (χ0n) is 19.3. The van der Waals surface area contributed by atoms with Gasteiger partial charge in [-0.15, -0.1) is 0 Å². The highest BCUT2D eigenvalue weighted by Gasteiger charge is 2.25. The molecule has 0 fully saturated rings. The summed E-state index contributed by atoms with van der Waals surface area (Å²) < 4.78 is 63.7. The van der Waals surface area contributed by atoms with Gasteiger partial charge >= 0.3 is 7.60 Å². The van der Waals surface area contributed by atoms with Gasteiger partial charge in [-0.3, -0.25) is 14.1 Å². The Morgan fingerprint density at radius 2 is 1.82 bits per heavy atom. The van der Waals surface area contributed by atoms with Crippen molar-refractivity contribution in [1.82, 2.24) is 4.72 Å². The number of para-hydroxylation sites is 1. The van der Waals surface area contributed by atoms with Crippen LogP contribution in [-0.4, -0.2) is 39.5 Å².